The number of carbonyl (C=O) groups excluding carboxylic acids is 1. The van der Waals surface area contributed by atoms with E-state index in [9.17, 15) is 14.7 Å². The number of carboxylic acid groups (broad SMARTS) is 1. The summed E-state index contributed by atoms with van der Waals surface area (Å²) in [5.41, 5.74) is 0. The van der Waals surface area contributed by atoms with E-state index in [0.29, 0.717) is 25.9 Å². The molecule has 1 rings (SSSR count). The van der Waals surface area contributed by atoms with Gasteiger partial charge in [0.25, 0.3) is 0 Å². The van der Waals surface area contributed by atoms with Gasteiger partial charge in [0.05, 0.1) is 18.4 Å². The van der Waals surface area contributed by atoms with E-state index in [-0.39, 0.29) is 18.4 Å². The van der Waals surface area contributed by atoms with Gasteiger partial charge in [-0.1, -0.05) is 13.8 Å². The Hall–Kier alpha value is -1.10. The van der Waals surface area contributed by atoms with Gasteiger partial charge in [0.2, 0.25) is 5.91 Å². The summed E-state index contributed by atoms with van der Waals surface area (Å²) in [6.07, 6.45) is 2.03. The Labute approximate surface area is 108 Å². The second-order valence-corrected chi connectivity index (χ2v) is 5.18. The van der Waals surface area contributed by atoms with Crippen molar-refractivity contribution in [2.75, 3.05) is 19.7 Å². The maximum absolute atomic E-state index is 12.3. The van der Waals surface area contributed by atoms with Crippen molar-refractivity contribution in [1.82, 2.24) is 4.90 Å². The van der Waals surface area contributed by atoms with Gasteiger partial charge in [0.1, 0.15) is 0 Å². The van der Waals surface area contributed by atoms with Gasteiger partial charge in [-0.2, -0.15) is 0 Å². The van der Waals surface area contributed by atoms with Gasteiger partial charge in [0.15, 0.2) is 0 Å². The highest BCUT2D eigenvalue weighted by molar-refractivity contribution is 5.85. The highest BCUT2D eigenvalue weighted by atomic mass is 16.4. The van der Waals surface area contributed by atoms with Crippen LogP contribution in [0.25, 0.3) is 0 Å². The molecule has 1 aliphatic rings. The van der Waals surface area contributed by atoms with Crippen molar-refractivity contribution in [3.63, 3.8) is 0 Å². The van der Waals surface area contributed by atoms with Crippen LogP contribution in [0.5, 0.6) is 0 Å². The van der Waals surface area contributed by atoms with E-state index in [1.54, 1.807) is 4.90 Å². The first-order valence-electron chi connectivity index (χ1n) is 6.63. The van der Waals surface area contributed by atoms with Gasteiger partial charge >= 0.3 is 5.97 Å². The number of carbonyl (C=O) groups is 2. The summed E-state index contributed by atoms with van der Waals surface area (Å²) in [5.74, 6) is -1.69. The Kier molecular flexibility index (Phi) is 5.59. The fraction of sp³-hybridized carbons (Fsp3) is 0.846. The molecule has 3 unspecified atom stereocenters. The largest absolute Gasteiger partial charge is 0.481 e. The molecule has 1 aliphatic carbocycles. The molecule has 0 heterocycles. The third-order valence-corrected chi connectivity index (χ3v) is 3.61. The second kappa shape index (κ2) is 6.73. The van der Waals surface area contributed by atoms with Crippen LogP contribution in [-0.2, 0) is 9.59 Å². The molecule has 5 heteroatoms. The predicted molar refractivity (Wildman–Crippen MR) is 67.0 cm³/mol. The van der Waals surface area contributed by atoms with Gasteiger partial charge in [-0.3, -0.25) is 9.59 Å². The lowest BCUT2D eigenvalue weighted by Crippen LogP contribution is -2.41. The molecule has 0 aromatic carbocycles. The normalized spacial score (nSPS) is 27.2. The number of aliphatic carboxylic acids is 1. The lowest BCUT2D eigenvalue weighted by atomic mass is 9.94. The lowest BCUT2D eigenvalue weighted by Gasteiger charge is -2.26. The minimum Gasteiger partial charge on any atom is -0.481 e. The summed E-state index contributed by atoms with van der Waals surface area (Å²) in [7, 11) is 0. The fourth-order valence-corrected chi connectivity index (χ4v) is 2.79. The lowest BCUT2D eigenvalue weighted by molar-refractivity contribution is -0.149. The zero-order valence-corrected chi connectivity index (χ0v) is 11.1. The summed E-state index contributed by atoms with van der Waals surface area (Å²) in [6.45, 7) is 4.75. The van der Waals surface area contributed by atoms with Crippen molar-refractivity contribution in [3.8, 4) is 0 Å². The molecular weight excluding hydrogens is 234 g/mol. The first kappa shape index (κ1) is 15.0. The van der Waals surface area contributed by atoms with Crippen LogP contribution >= 0.6 is 0 Å². The second-order valence-electron chi connectivity index (χ2n) is 5.18. The van der Waals surface area contributed by atoms with Crippen LogP contribution < -0.4 is 0 Å². The molecule has 1 amide bonds. The van der Waals surface area contributed by atoms with Gasteiger partial charge in [-0.25, -0.2) is 0 Å². The fourth-order valence-electron chi connectivity index (χ4n) is 2.79. The first-order chi connectivity index (χ1) is 8.51. The molecule has 104 valence electrons. The van der Waals surface area contributed by atoms with Crippen LogP contribution in [0.1, 0.15) is 33.1 Å². The highest BCUT2D eigenvalue weighted by Gasteiger charge is 2.42. The van der Waals surface area contributed by atoms with E-state index < -0.39 is 17.8 Å². The quantitative estimate of drug-likeness (QED) is 0.743. The summed E-state index contributed by atoms with van der Waals surface area (Å²) < 4.78 is 0. The smallest absolute Gasteiger partial charge is 0.307 e. The van der Waals surface area contributed by atoms with E-state index in [2.05, 4.69) is 0 Å². The first-order valence-corrected chi connectivity index (χ1v) is 6.63. The zero-order chi connectivity index (χ0) is 13.7. The number of amides is 1. The predicted octanol–water partition coefficient (Wildman–Crippen LogP) is 0.964. The molecule has 1 saturated carbocycles. The Morgan fingerprint density at radius 1 is 1.22 bits per heavy atom. The van der Waals surface area contributed by atoms with E-state index in [4.69, 9.17) is 5.11 Å². The summed E-state index contributed by atoms with van der Waals surface area (Å²) >= 11 is 0. The molecular formula is C13H23NO4. The Balaban J connectivity index is 2.76. The number of rotatable bonds is 6. The van der Waals surface area contributed by atoms with Crippen LogP contribution in [0.2, 0.25) is 0 Å². The maximum atomic E-state index is 12.3. The summed E-state index contributed by atoms with van der Waals surface area (Å²) in [6, 6.07) is 0. The van der Waals surface area contributed by atoms with Crippen molar-refractivity contribution in [3.05, 3.63) is 0 Å². The van der Waals surface area contributed by atoms with Gasteiger partial charge in [0, 0.05) is 13.1 Å². The molecule has 5 nitrogen and oxygen atoms in total. The average Bonchev–Trinajstić information content (AvgIpc) is 2.70. The van der Waals surface area contributed by atoms with E-state index in [1.165, 1.54) is 0 Å². The third-order valence-electron chi connectivity index (χ3n) is 3.61. The molecule has 18 heavy (non-hydrogen) atoms. The SMILES string of the molecule is CCCN(CCO)C(=O)C1CC(C)CC1C(=O)O. The molecule has 3 atom stereocenters. The standard InChI is InChI=1S/C13H23NO4/c1-3-4-14(5-6-15)12(16)10-7-9(2)8-11(10)13(17)18/h9-11,15H,3-8H2,1-2H3,(H,17,18). The topological polar surface area (TPSA) is 77.8 Å². The number of aliphatic hydroxyl groups is 1. The third kappa shape index (κ3) is 3.45. The number of hydrogen-bond acceptors (Lipinski definition) is 3. The highest BCUT2D eigenvalue weighted by Crippen LogP contribution is 2.37. The number of carboxylic acids is 1. The summed E-state index contributed by atoms with van der Waals surface area (Å²) in [5, 5.41) is 18.1. The van der Waals surface area contributed by atoms with Crippen molar-refractivity contribution in [2.24, 2.45) is 17.8 Å². The van der Waals surface area contributed by atoms with Crippen molar-refractivity contribution in [1.29, 1.82) is 0 Å². The van der Waals surface area contributed by atoms with Crippen LogP contribution in [0.15, 0.2) is 0 Å². The molecule has 0 aromatic heterocycles. The van der Waals surface area contributed by atoms with Crippen molar-refractivity contribution >= 4 is 11.9 Å². The number of aliphatic hydroxyl groups excluding tert-OH is 1. The number of hydrogen-bond donors (Lipinski definition) is 2. The van der Waals surface area contributed by atoms with E-state index >= 15 is 0 Å². The van der Waals surface area contributed by atoms with E-state index in [1.807, 2.05) is 13.8 Å². The maximum Gasteiger partial charge on any atom is 0.307 e. The monoisotopic (exact) mass is 257 g/mol. The van der Waals surface area contributed by atoms with Crippen LogP contribution in [0, 0.1) is 17.8 Å². The number of nitrogens with zero attached hydrogens (tertiary/aromatic N) is 1. The summed E-state index contributed by atoms with van der Waals surface area (Å²) in [4.78, 5) is 25.1. The van der Waals surface area contributed by atoms with Gasteiger partial charge < -0.3 is 15.1 Å². The van der Waals surface area contributed by atoms with Crippen LogP contribution in [0.3, 0.4) is 0 Å². The minimum absolute atomic E-state index is 0.0776. The Bertz CT molecular complexity index is 299. The van der Waals surface area contributed by atoms with Gasteiger partial charge in [-0.05, 0) is 25.2 Å². The molecule has 2 N–H and O–H groups in total. The van der Waals surface area contributed by atoms with Crippen LogP contribution in [-0.4, -0.2) is 46.7 Å². The average molecular weight is 257 g/mol. The zero-order valence-electron chi connectivity index (χ0n) is 11.1. The molecule has 1 fully saturated rings. The minimum atomic E-state index is -0.877. The van der Waals surface area contributed by atoms with Gasteiger partial charge in [-0.15, -0.1) is 0 Å². The van der Waals surface area contributed by atoms with E-state index in [0.717, 1.165) is 6.42 Å². The molecule has 0 saturated heterocycles. The molecule has 0 radical (unpaired) electrons. The molecule has 0 bridgehead atoms. The molecule has 0 aromatic rings. The van der Waals surface area contributed by atoms with Crippen molar-refractivity contribution < 1.29 is 19.8 Å². The Morgan fingerprint density at radius 2 is 1.83 bits per heavy atom. The Morgan fingerprint density at radius 3 is 2.33 bits per heavy atom. The molecule has 0 spiro atoms. The van der Waals surface area contributed by atoms with Crippen molar-refractivity contribution in [2.45, 2.75) is 33.1 Å². The van der Waals surface area contributed by atoms with Crippen LogP contribution in [0.4, 0.5) is 0 Å². The molecule has 0 aliphatic heterocycles.